The average Bonchev–Trinajstić information content (AvgIpc) is 2.83. The zero-order chi connectivity index (χ0) is 16.5. The molecule has 0 N–H and O–H groups in total. The monoisotopic (exact) mass is 329 g/mol. The summed E-state index contributed by atoms with van der Waals surface area (Å²) in [5.74, 6) is -1.77. The predicted molar refractivity (Wildman–Crippen MR) is 77.4 cm³/mol. The van der Waals surface area contributed by atoms with Gasteiger partial charge in [-0.25, -0.2) is 17.2 Å². The first-order valence-corrected chi connectivity index (χ1v) is 8.10. The Morgan fingerprint density at radius 3 is 2.55 bits per heavy atom. The maximum atomic E-state index is 13.8. The Hall–Kier alpha value is -1.80. The Bertz CT molecular complexity index is 772. The highest BCUT2D eigenvalue weighted by Gasteiger charge is 2.30. The van der Waals surface area contributed by atoms with Gasteiger partial charge in [0.25, 0.3) is 0 Å². The minimum absolute atomic E-state index is 0.0315. The maximum Gasteiger partial charge on any atom is 0.246 e. The van der Waals surface area contributed by atoms with E-state index in [1.54, 1.807) is 31.8 Å². The molecule has 5 nitrogen and oxygen atoms in total. The van der Waals surface area contributed by atoms with Crippen molar-refractivity contribution in [1.29, 1.82) is 0 Å². The molecule has 0 unspecified atom stereocenters. The van der Waals surface area contributed by atoms with Gasteiger partial charge in [0, 0.05) is 31.4 Å². The lowest BCUT2D eigenvalue weighted by Crippen LogP contribution is -2.36. The minimum atomic E-state index is -4.16. The molecular formula is C14H17F2N3O2S. The first-order valence-electron chi connectivity index (χ1n) is 6.66. The van der Waals surface area contributed by atoms with E-state index in [0.29, 0.717) is 11.6 Å². The van der Waals surface area contributed by atoms with Crippen molar-refractivity contribution >= 4 is 10.0 Å². The second-order valence-electron chi connectivity index (χ2n) is 5.24. The Labute approximate surface area is 128 Å². The van der Waals surface area contributed by atoms with Gasteiger partial charge in [-0.1, -0.05) is 0 Å². The second-order valence-corrected chi connectivity index (χ2v) is 7.10. The van der Waals surface area contributed by atoms with Crippen LogP contribution in [0.5, 0.6) is 0 Å². The Morgan fingerprint density at radius 1 is 1.32 bits per heavy atom. The minimum Gasteiger partial charge on any atom is -0.275 e. The molecule has 120 valence electrons. The van der Waals surface area contributed by atoms with Crippen LogP contribution in [0.3, 0.4) is 0 Å². The lowest BCUT2D eigenvalue weighted by atomic mass is 10.3. The predicted octanol–water partition coefficient (Wildman–Crippen LogP) is 2.30. The van der Waals surface area contributed by atoms with Crippen LogP contribution >= 0.6 is 0 Å². The van der Waals surface area contributed by atoms with Crippen LogP contribution in [0.15, 0.2) is 35.5 Å². The summed E-state index contributed by atoms with van der Waals surface area (Å²) >= 11 is 0. The normalized spacial score (nSPS) is 12.3. The number of benzene rings is 1. The summed E-state index contributed by atoms with van der Waals surface area (Å²) in [7, 11) is -2.45. The van der Waals surface area contributed by atoms with Crippen LogP contribution in [0.4, 0.5) is 8.78 Å². The van der Waals surface area contributed by atoms with Crippen LogP contribution in [-0.4, -0.2) is 28.5 Å². The number of hydrogen-bond donors (Lipinski definition) is 0. The molecule has 0 saturated heterocycles. The topological polar surface area (TPSA) is 55.2 Å². The zero-order valence-corrected chi connectivity index (χ0v) is 13.3. The van der Waals surface area contributed by atoms with E-state index in [2.05, 4.69) is 5.10 Å². The van der Waals surface area contributed by atoms with Crippen LogP contribution in [0.25, 0.3) is 0 Å². The summed E-state index contributed by atoms with van der Waals surface area (Å²) in [5, 5.41) is 3.98. The van der Waals surface area contributed by atoms with Gasteiger partial charge in [-0.05, 0) is 32.0 Å². The Kier molecular flexibility index (Phi) is 4.62. The van der Waals surface area contributed by atoms with E-state index in [0.717, 1.165) is 16.4 Å². The van der Waals surface area contributed by atoms with Gasteiger partial charge in [0.05, 0.1) is 6.20 Å². The molecular weight excluding hydrogens is 312 g/mol. The van der Waals surface area contributed by atoms with E-state index in [4.69, 9.17) is 0 Å². The molecule has 0 atom stereocenters. The number of aromatic nitrogens is 2. The van der Waals surface area contributed by atoms with E-state index in [1.807, 2.05) is 0 Å². The fraction of sp³-hybridized carbons (Fsp3) is 0.357. The maximum absolute atomic E-state index is 13.8. The first kappa shape index (κ1) is 16.6. The number of sulfonamides is 1. The molecule has 0 amide bonds. The van der Waals surface area contributed by atoms with Crippen molar-refractivity contribution in [2.45, 2.75) is 31.3 Å². The van der Waals surface area contributed by atoms with E-state index in [9.17, 15) is 17.2 Å². The van der Waals surface area contributed by atoms with Gasteiger partial charge < -0.3 is 0 Å². The molecule has 2 aromatic rings. The van der Waals surface area contributed by atoms with Gasteiger partial charge >= 0.3 is 0 Å². The van der Waals surface area contributed by atoms with Crippen LogP contribution in [-0.2, 0) is 23.6 Å². The summed E-state index contributed by atoms with van der Waals surface area (Å²) in [6.45, 7) is 3.38. The second kappa shape index (κ2) is 6.13. The highest BCUT2D eigenvalue weighted by molar-refractivity contribution is 7.89. The van der Waals surface area contributed by atoms with Gasteiger partial charge in [-0.2, -0.15) is 9.40 Å². The largest absolute Gasteiger partial charge is 0.275 e. The van der Waals surface area contributed by atoms with Crippen molar-refractivity contribution < 1.29 is 17.2 Å². The van der Waals surface area contributed by atoms with Crippen LogP contribution in [0.1, 0.15) is 19.4 Å². The number of halogens is 2. The third-order valence-electron chi connectivity index (χ3n) is 3.15. The number of hydrogen-bond acceptors (Lipinski definition) is 3. The van der Waals surface area contributed by atoms with Crippen LogP contribution in [0.2, 0.25) is 0 Å². The highest BCUT2D eigenvalue weighted by atomic mass is 32.2. The molecule has 8 heteroatoms. The molecule has 0 spiro atoms. The lowest BCUT2D eigenvalue weighted by Gasteiger charge is -2.25. The smallest absolute Gasteiger partial charge is 0.246 e. The number of aryl methyl sites for hydroxylation is 1. The molecule has 0 radical (unpaired) electrons. The van der Waals surface area contributed by atoms with E-state index >= 15 is 0 Å². The molecule has 0 aliphatic heterocycles. The van der Waals surface area contributed by atoms with Gasteiger partial charge in [-0.3, -0.25) is 4.68 Å². The third-order valence-corrected chi connectivity index (χ3v) is 5.19. The fourth-order valence-corrected chi connectivity index (χ4v) is 3.78. The fourth-order valence-electron chi connectivity index (χ4n) is 2.08. The number of nitrogens with zero attached hydrogens (tertiary/aromatic N) is 3. The van der Waals surface area contributed by atoms with Gasteiger partial charge in [0.1, 0.15) is 16.5 Å². The van der Waals surface area contributed by atoms with Crippen molar-refractivity contribution in [2.75, 3.05) is 0 Å². The summed E-state index contributed by atoms with van der Waals surface area (Å²) in [5.41, 5.74) is 0.664. The van der Waals surface area contributed by atoms with Crippen molar-refractivity contribution in [3.05, 3.63) is 47.8 Å². The standard InChI is InChI=1S/C14H17F2N3O2S/c1-10(2)19(9-11-7-17-18(3)8-11)22(20,21)14-6-12(15)4-5-13(14)16/h4-8,10H,9H2,1-3H3. The van der Waals surface area contributed by atoms with Crippen molar-refractivity contribution in [1.82, 2.24) is 14.1 Å². The van der Waals surface area contributed by atoms with Crippen LogP contribution < -0.4 is 0 Å². The van der Waals surface area contributed by atoms with Gasteiger partial charge in [0.2, 0.25) is 10.0 Å². The summed E-state index contributed by atoms with van der Waals surface area (Å²) in [6.07, 6.45) is 3.21. The molecule has 0 saturated carbocycles. The van der Waals surface area contributed by atoms with Gasteiger partial charge in [0.15, 0.2) is 0 Å². The summed E-state index contributed by atoms with van der Waals surface area (Å²) in [6, 6.07) is 1.97. The highest BCUT2D eigenvalue weighted by Crippen LogP contribution is 2.24. The molecule has 0 aliphatic rings. The third kappa shape index (κ3) is 3.33. The number of rotatable bonds is 5. The first-order chi connectivity index (χ1) is 10.2. The molecule has 1 aromatic carbocycles. The van der Waals surface area contributed by atoms with Gasteiger partial charge in [-0.15, -0.1) is 0 Å². The van der Waals surface area contributed by atoms with Crippen LogP contribution in [0, 0.1) is 11.6 Å². The Balaban J connectivity index is 2.44. The van der Waals surface area contributed by atoms with Crippen molar-refractivity contribution in [3.8, 4) is 0 Å². The molecule has 0 aliphatic carbocycles. The van der Waals surface area contributed by atoms with E-state index in [-0.39, 0.29) is 6.54 Å². The molecule has 22 heavy (non-hydrogen) atoms. The van der Waals surface area contributed by atoms with Crippen molar-refractivity contribution in [3.63, 3.8) is 0 Å². The molecule has 0 fully saturated rings. The molecule has 1 heterocycles. The molecule has 1 aromatic heterocycles. The lowest BCUT2D eigenvalue weighted by molar-refractivity contribution is 0.345. The van der Waals surface area contributed by atoms with Crippen molar-refractivity contribution in [2.24, 2.45) is 7.05 Å². The Morgan fingerprint density at radius 2 is 2.00 bits per heavy atom. The molecule has 2 rings (SSSR count). The quantitative estimate of drug-likeness (QED) is 0.846. The van der Waals surface area contributed by atoms with E-state index < -0.39 is 32.6 Å². The summed E-state index contributed by atoms with van der Waals surface area (Å²) in [4.78, 5) is -0.662. The van der Waals surface area contributed by atoms with E-state index in [1.165, 1.54) is 6.20 Å². The zero-order valence-electron chi connectivity index (χ0n) is 12.5. The average molecular weight is 329 g/mol. The summed E-state index contributed by atoms with van der Waals surface area (Å²) < 4.78 is 55.1. The molecule has 0 bridgehead atoms. The SMILES string of the molecule is CC(C)N(Cc1cnn(C)c1)S(=O)(=O)c1cc(F)ccc1F.